The molecule has 1 atom stereocenters. The molecule has 0 bridgehead atoms. The molecular weight excluding hydrogens is 352 g/mol. The van der Waals surface area contributed by atoms with Crippen molar-refractivity contribution in [1.82, 2.24) is 19.4 Å². The lowest BCUT2D eigenvalue weighted by Gasteiger charge is -2.22. The number of rotatable bonds is 5. The summed E-state index contributed by atoms with van der Waals surface area (Å²) in [6.45, 7) is 1.00. The second-order valence-corrected chi connectivity index (χ2v) is 6.82. The Labute approximate surface area is 156 Å². The maximum atomic E-state index is 12.6. The van der Waals surface area contributed by atoms with Gasteiger partial charge in [0.1, 0.15) is 18.3 Å². The van der Waals surface area contributed by atoms with E-state index in [0.29, 0.717) is 17.3 Å². The molecule has 1 aliphatic rings. The number of halogens is 1. The molecular formula is C19H19ClN4O2. The van der Waals surface area contributed by atoms with Gasteiger partial charge in [0.2, 0.25) is 11.8 Å². The summed E-state index contributed by atoms with van der Waals surface area (Å²) in [5.74, 6) is 1.40. The van der Waals surface area contributed by atoms with Crippen LogP contribution in [0.3, 0.4) is 0 Å². The van der Waals surface area contributed by atoms with Crippen LogP contribution in [-0.4, -0.2) is 31.9 Å². The highest BCUT2D eigenvalue weighted by Gasteiger charge is 2.33. The van der Waals surface area contributed by atoms with Gasteiger partial charge in [-0.15, -0.1) is 0 Å². The number of hydrogen-bond donors (Lipinski definition) is 0. The van der Waals surface area contributed by atoms with Gasteiger partial charge in [-0.1, -0.05) is 29.8 Å². The van der Waals surface area contributed by atoms with Crippen LogP contribution in [0.5, 0.6) is 0 Å². The minimum atomic E-state index is -0.106. The molecule has 0 aliphatic carbocycles. The second kappa shape index (κ2) is 7.33. The first-order valence-electron chi connectivity index (χ1n) is 8.64. The standard InChI is InChI=1S/C19H19ClN4O2/c20-16-5-2-1-4-14(16)10-15-11-22-19(26-15)17-6-3-8-24(17)18(25)12-23-9-7-21-13-23/h1-2,4-5,7,9,11,13,17H,3,6,8,10,12H2/t17-/m0/s1. The average molecular weight is 371 g/mol. The third-order valence-corrected chi connectivity index (χ3v) is 5.00. The number of amides is 1. The normalized spacial score (nSPS) is 17.0. The molecule has 1 saturated heterocycles. The topological polar surface area (TPSA) is 64.2 Å². The molecule has 7 heteroatoms. The number of benzene rings is 1. The number of hydrogen-bond acceptors (Lipinski definition) is 4. The van der Waals surface area contributed by atoms with Crippen molar-refractivity contribution in [1.29, 1.82) is 0 Å². The quantitative estimate of drug-likeness (QED) is 0.689. The molecule has 0 saturated carbocycles. The molecule has 0 radical (unpaired) electrons. The zero-order valence-corrected chi connectivity index (χ0v) is 15.0. The van der Waals surface area contributed by atoms with Gasteiger partial charge in [0.25, 0.3) is 0 Å². The highest BCUT2D eigenvalue weighted by atomic mass is 35.5. The van der Waals surface area contributed by atoms with Crippen molar-refractivity contribution < 1.29 is 9.21 Å². The van der Waals surface area contributed by atoms with E-state index in [1.165, 1.54) is 0 Å². The highest BCUT2D eigenvalue weighted by Crippen LogP contribution is 2.32. The van der Waals surface area contributed by atoms with Crippen molar-refractivity contribution in [3.8, 4) is 0 Å². The molecule has 6 nitrogen and oxygen atoms in total. The van der Waals surface area contributed by atoms with Crippen LogP contribution >= 0.6 is 11.6 Å². The van der Waals surface area contributed by atoms with Gasteiger partial charge in [-0.25, -0.2) is 9.97 Å². The van der Waals surface area contributed by atoms with Crippen LogP contribution in [-0.2, 0) is 17.8 Å². The largest absolute Gasteiger partial charge is 0.443 e. The van der Waals surface area contributed by atoms with E-state index in [2.05, 4.69) is 9.97 Å². The van der Waals surface area contributed by atoms with Gasteiger partial charge in [0, 0.05) is 30.4 Å². The fraction of sp³-hybridized carbons (Fsp3) is 0.316. The number of nitrogens with zero attached hydrogens (tertiary/aromatic N) is 4. The molecule has 0 unspecified atom stereocenters. The SMILES string of the molecule is O=C(Cn1ccnc1)N1CCC[C@H]1c1ncc(Cc2ccccc2Cl)o1. The van der Waals surface area contributed by atoms with Crippen molar-refractivity contribution in [2.75, 3.05) is 6.54 Å². The summed E-state index contributed by atoms with van der Waals surface area (Å²) in [4.78, 5) is 22.9. The predicted octanol–water partition coefficient (Wildman–Crippen LogP) is 3.48. The minimum Gasteiger partial charge on any atom is -0.443 e. The smallest absolute Gasteiger partial charge is 0.243 e. The van der Waals surface area contributed by atoms with Gasteiger partial charge in [-0.2, -0.15) is 0 Å². The second-order valence-electron chi connectivity index (χ2n) is 6.41. The van der Waals surface area contributed by atoms with Gasteiger partial charge >= 0.3 is 0 Å². The summed E-state index contributed by atoms with van der Waals surface area (Å²) in [5, 5.41) is 0.712. The summed E-state index contributed by atoms with van der Waals surface area (Å²) in [7, 11) is 0. The van der Waals surface area contributed by atoms with E-state index in [9.17, 15) is 4.79 Å². The Kier molecular flexibility index (Phi) is 4.75. The Bertz CT molecular complexity index is 891. The van der Waals surface area contributed by atoms with Crippen molar-refractivity contribution in [3.63, 3.8) is 0 Å². The fourth-order valence-electron chi connectivity index (χ4n) is 3.34. The number of carbonyl (C=O) groups is 1. The molecule has 134 valence electrons. The summed E-state index contributed by atoms with van der Waals surface area (Å²) < 4.78 is 7.73. The maximum absolute atomic E-state index is 12.6. The molecule has 1 amide bonds. The first-order valence-corrected chi connectivity index (χ1v) is 9.02. The van der Waals surface area contributed by atoms with Crippen LogP contribution in [0.2, 0.25) is 5.02 Å². The third kappa shape index (κ3) is 3.51. The molecule has 1 aliphatic heterocycles. The molecule has 0 N–H and O–H groups in total. The maximum Gasteiger partial charge on any atom is 0.243 e. The van der Waals surface area contributed by atoms with Crippen LogP contribution in [0.1, 0.15) is 36.1 Å². The van der Waals surface area contributed by atoms with Gasteiger partial charge in [0.05, 0.1) is 12.5 Å². The summed E-state index contributed by atoms with van der Waals surface area (Å²) in [6.07, 6.45) is 9.23. The molecule has 2 aromatic heterocycles. The monoisotopic (exact) mass is 370 g/mol. The molecule has 3 heterocycles. The van der Waals surface area contributed by atoms with Crippen LogP contribution in [0.25, 0.3) is 0 Å². The molecule has 1 fully saturated rings. The number of likely N-dealkylation sites (tertiary alicyclic amines) is 1. The van der Waals surface area contributed by atoms with E-state index in [0.717, 1.165) is 30.7 Å². The first-order chi connectivity index (χ1) is 12.7. The predicted molar refractivity (Wildman–Crippen MR) is 96.7 cm³/mol. The Balaban J connectivity index is 1.47. The van der Waals surface area contributed by atoms with Crippen LogP contribution in [0.4, 0.5) is 0 Å². The summed E-state index contributed by atoms with van der Waals surface area (Å²) in [6, 6.07) is 7.58. The van der Waals surface area contributed by atoms with E-state index >= 15 is 0 Å². The lowest BCUT2D eigenvalue weighted by atomic mass is 10.1. The summed E-state index contributed by atoms with van der Waals surface area (Å²) >= 11 is 6.22. The zero-order valence-electron chi connectivity index (χ0n) is 14.2. The van der Waals surface area contributed by atoms with Crippen LogP contribution in [0.15, 0.2) is 53.6 Å². The fourth-order valence-corrected chi connectivity index (χ4v) is 3.54. The van der Waals surface area contributed by atoms with Gasteiger partial charge < -0.3 is 13.9 Å². The lowest BCUT2D eigenvalue weighted by Crippen LogP contribution is -2.33. The Morgan fingerprint density at radius 3 is 3.04 bits per heavy atom. The molecule has 4 rings (SSSR count). The van der Waals surface area contributed by atoms with Crippen molar-refractivity contribution >= 4 is 17.5 Å². The highest BCUT2D eigenvalue weighted by molar-refractivity contribution is 6.31. The van der Waals surface area contributed by atoms with Crippen LogP contribution < -0.4 is 0 Å². The molecule has 3 aromatic rings. The van der Waals surface area contributed by atoms with E-state index in [-0.39, 0.29) is 18.5 Å². The number of carbonyl (C=O) groups excluding carboxylic acids is 1. The third-order valence-electron chi connectivity index (χ3n) is 4.63. The summed E-state index contributed by atoms with van der Waals surface area (Å²) in [5.41, 5.74) is 0.997. The van der Waals surface area contributed by atoms with Crippen molar-refractivity contribution in [2.24, 2.45) is 0 Å². The number of imidazole rings is 1. The van der Waals surface area contributed by atoms with Gasteiger partial charge in [-0.3, -0.25) is 4.79 Å². The molecule has 0 spiro atoms. The molecule has 1 aromatic carbocycles. The average Bonchev–Trinajstić information content (AvgIpc) is 3.37. The van der Waals surface area contributed by atoms with Crippen LogP contribution in [0, 0.1) is 0 Å². The van der Waals surface area contributed by atoms with E-state index in [1.54, 1.807) is 29.5 Å². The number of aromatic nitrogens is 3. The minimum absolute atomic E-state index is 0.0522. The van der Waals surface area contributed by atoms with Crippen molar-refractivity contribution in [3.05, 3.63) is 71.4 Å². The zero-order chi connectivity index (χ0) is 17.9. The lowest BCUT2D eigenvalue weighted by molar-refractivity contribution is -0.133. The van der Waals surface area contributed by atoms with Gasteiger partial charge in [-0.05, 0) is 24.5 Å². The van der Waals surface area contributed by atoms with E-state index in [1.807, 2.05) is 29.2 Å². The molecule has 26 heavy (non-hydrogen) atoms. The van der Waals surface area contributed by atoms with Gasteiger partial charge in [0.15, 0.2) is 0 Å². The Morgan fingerprint density at radius 2 is 2.23 bits per heavy atom. The first kappa shape index (κ1) is 16.8. The van der Waals surface area contributed by atoms with E-state index < -0.39 is 0 Å². The van der Waals surface area contributed by atoms with Crippen molar-refractivity contribution in [2.45, 2.75) is 31.8 Å². The van der Waals surface area contributed by atoms with E-state index in [4.69, 9.17) is 16.0 Å². The number of oxazole rings is 1. The Hall–Kier alpha value is -2.60. The Morgan fingerprint density at radius 1 is 1.35 bits per heavy atom.